The topological polar surface area (TPSA) is 93.8 Å². The van der Waals surface area contributed by atoms with Crippen molar-refractivity contribution in [3.05, 3.63) is 86.9 Å². The molecule has 40 heavy (non-hydrogen) atoms. The zero-order valence-corrected chi connectivity index (χ0v) is 23.1. The van der Waals surface area contributed by atoms with Crippen LogP contribution in [-0.4, -0.2) is 43.9 Å². The van der Waals surface area contributed by atoms with E-state index in [-0.39, 0.29) is 53.2 Å². The van der Waals surface area contributed by atoms with Crippen LogP contribution in [-0.2, 0) is 29.6 Å². The molecule has 0 saturated heterocycles. The van der Waals surface area contributed by atoms with Crippen molar-refractivity contribution in [3.8, 4) is 16.9 Å². The van der Waals surface area contributed by atoms with Crippen LogP contribution in [0.4, 0.5) is 8.78 Å². The second-order valence-corrected chi connectivity index (χ2v) is 10.7. The standard InChI is InChI=1S/C31H33ClF2N2O4/c1-36-30(38)22-14-18-13-20(39-12-11-37)15-21(18)29(34)27(22)26-23-17-31(9-5-6-10-35,19-7-3-2-4-8-19)40-25(23)16-24(33)28(26)32/h2-4,7-8,14,16,20,37H,5-6,9-13,15,17,35H2,1H3,(H,36,38). The Morgan fingerprint density at radius 2 is 1.95 bits per heavy atom. The molecule has 2 atom stereocenters. The van der Waals surface area contributed by atoms with Gasteiger partial charge in [-0.1, -0.05) is 41.9 Å². The molecule has 0 aromatic heterocycles. The van der Waals surface area contributed by atoms with E-state index in [0.717, 1.165) is 18.4 Å². The smallest absolute Gasteiger partial charge is 0.251 e. The van der Waals surface area contributed by atoms with Crippen LogP contribution < -0.4 is 15.8 Å². The SMILES string of the molecule is CNC(=O)c1cc2c(c(F)c1-c1c(Cl)c(F)cc3c1CC(CCCCN)(c1ccccc1)O3)CC(OCCO)C2. The van der Waals surface area contributed by atoms with E-state index in [1.165, 1.54) is 13.1 Å². The van der Waals surface area contributed by atoms with Crippen molar-refractivity contribution in [2.45, 2.75) is 50.2 Å². The summed E-state index contributed by atoms with van der Waals surface area (Å²) in [5, 5.41) is 11.5. The molecule has 1 amide bonds. The molecule has 212 valence electrons. The van der Waals surface area contributed by atoms with Crippen molar-refractivity contribution < 1.29 is 28.2 Å². The number of rotatable bonds is 10. The zero-order chi connectivity index (χ0) is 28.4. The Morgan fingerprint density at radius 3 is 2.65 bits per heavy atom. The maximum Gasteiger partial charge on any atom is 0.251 e. The van der Waals surface area contributed by atoms with Crippen molar-refractivity contribution in [1.29, 1.82) is 0 Å². The van der Waals surface area contributed by atoms with E-state index in [1.807, 2.05) is 30.3 Å². The lowest BCUT2D eigenvalue weighted by molar-refractivity contribution is 0.0347. The Kier molecular flexibility index (Phi) is 8.42. The van der Waals surface area contributed by atoms with E-state index < -0.39 is 23.1 Å². The van der Waals surface area contributed by atoms with Gasteiger partial charge in [0.15, 0.2) is 0 Å². The number of halogens is 3. The Balaban J connectivity index is 1.68. The van der Waals surface area contributed by atoms with E-state index in [9.17, 15) is 4.79 Å². The molecule has 6 nitrogen and oxygen atoms in total. The van der Waals surface area contributed by atoms with E-state index in [0.29, 0.717) is 42.5 Å². The average molecular weight is 571 g/mol. The van der Waals surface area contributed by atoms with E-state index >= 15 is 8.78 Å². The number of nitrogens with one attached hydrogen (secondary N) is 1. The molecule has 0 spiro atoms. The Hall–Kier alpha value is -3.04. The van der Waals surface area contributed by atoms with Crippen LogP contribution in [0.15, 0.2) is 42.5 Å². The van der Waals surface area contributed by atoms with E-state index in [1.54, 1.807) is 6.07 Å². The molecule has 2 aliphatic rings. The minimum absolute atomic E-state index is 0.0453. The van der Waals surface area contributed by atoms with E-state index in [4.69, 9.17) is 31.9 Å². The van der Waals surface area contributed by atoms with Gasteiger partial charge >= 0.3 is 0 Å². The number of hydrogen-bond donors (Lipinski definition) is 3. The highest BCUT2D eigenvalue weighted by atomic mass is 35.5. The highest BCUT2D eigenvalue weighted by molar-refractivity contribution is 6.34. The molecular weight excluding hydrogens is 538 g/mol. The number of fused-ring (bicyclic) bond motifs is 2. The van der Waals surface area contributed by atoms with Crippen LogP contribution in [0, 0.1) is 11.6 Å². The summed E-state index contributed by atoms with van der Waals surface area (Å²) in [4.78, 5) is 13.1. The molecular formula is C31H33ClF2N2O4. The highest BCUT2D eigenvalue weighted by Gasteiger charge is 2.44. The second-order valence-electron chi connectivity index (χ2n) is 10.4. The number of amides is 1. The van der Waals surface area contributed by atoms with Crippen molar-refractivity contribution in [1.82, 2.24) is 5.32 Å². The molecule has 0 bridgehead atoms. The minimum Gasteiger partial charge on any atom is -0.482 e. The third-order valence-electron chi connectivity index (χ3n) is 7.89. The third-order valence-corrected chi connectivity index (χ3v) is 8.26. The third kappa shape index (κ3) is 5.09. The minimum atomic E-state index is -0.825. The number of nitrogens with two attached hydrogens (primary N) is 1. The summed E-state index contributed by atoms with van der Waals surface area (Å²) in [5.41, 5.74) is 7.60. The van der Waals surface area contributed by atoms with Crippen molar-refractivity contribution in [3.63, 3.8) is 0 Å². The largest absolute Gasteiger partial charge is 0.482 e. The molecule has 3 aromatic rings. The number of benzene rings is 3. The first-order chi connectivity index (χ1) is 19.3. The van der Waals surface area contributed by atoms with Gasteiger partial charge in [0.25, 0.3) is 5.91 Å². The molecule has 1 heterocycles. The quantitative estimate of drug-likeness (QED) is 0.296. The molecule has 1 aliphatic heterocycles. The van der Waals surface area contributed by atoms with Gasteiger partial charge in [0.05, 0.1) is 29.9 Å². The molecule has 0 radical (unpaired) electrons. The summed E-state index contributed by atoms with van der Waals surface area (Å²) in [6.45, 7) is 0.508. The summed E-state index contributed by atoms with van der Waals surface area (Å²) in [6, 6.07) is 12.6. The average Bonchev–Trinajstić information content (AvgIpc) is 3.55. The molecule has 9 heteroatoms. The predicted octanol–water partition coefficient (Wildman–Crippen LogP) is 5.08. The van der Waals surface area contributed by atoms with Crippen molar-refractivity contribution in [2.75, 3.05) is 26.8 Å². The molecule has 3 aromatic carbocycles. The van der Waals surface area contributed by atoms with E-state index in [2.05, 4.69) is 5.32 Å². The first-order valence-electron chi connectivity index (χ1n) is 13.6. The first-order valence-corrected chi connectivity index (χ1v) is 14.0. The molecule has 0 saturated carbocycles. The number of carbonyl (C=O) groups excluding carboxylic acids is 1. The zero-order valence-electron chi connectivity index (χ0n) is 22.4. The number of aliphatic hydroxyl groups is 1. The van der Waals surface area contributed by atoms with Crippen LogP contribution in [0.3, 0.4) is 0 Å². The van der Waals surface area contributed by atoms with Crippen LogP contribution >= 0.6 is 11.6 Å². The molecule has 0 fully saturated rings. The number of carbonyl (C=O) groups is 1. The number of ether oxygens (including phenoxy) is 2. The lowest BCUT2D eigenvalue weighted by Crippen LogP contribution is -2.31. The van der Waals surface area contributed by atoms with Gasteiger partial charge in [0.1, 0.15) is 23.0 Å². The van der Waals surface area contributed by atoms with Gasteiger partial charge in [-0.25, -0.2) is 8.78 Å². The maximum absolute atomic E-state index is 16.5. The fourth-order valence-corrected chi connectivity index (χ4v) is 6.29. The van der Waals surface area contributed by atoms with Gasteiger partial charge in [0, 0.05) is 42.6 Å². The molecule has 1 aliphatic carbocycles. The summed E-state index contributed by atoms with van der Waals surface area (Å²) < 4.78 is 44.2. The fourth-order valence-electron chi connectivity index (χ4n) is 6.03. The number of hydrogen-bond acceptors (Lipinski definition) is 5. The monoisotopic (exact) mass is 570 g/mol. The van der Waals surface area contributed by atoms with Crippen molar-refractivity contribution in [2.24, 2.45) is 5.73 Å². The first kappa shape index (κ1) is 28.5. The van der Waals surface area contributed by atoms with Gasteiger partial charge in [-0.2, -0.15) is 0 Å². The Bertz CT molecular complexity index is 1420. The van der Waals surface area contributed by atoms with Crippen LogP contribution in [0.1, 0.15) is 51.9 Å². The fraction of sp³-hybridized carbons (Fsp3) is 0.387. The van der Waals surface area contributed by atoms with Crippen LogP contribution in [0.2, 0.25) is 5.02 Å². The second kappa shape index (κ2) is 11.8. The summed E-state index contributed by atoms with van der Waals surface area (Å²) in [5.74, 6) is -1.61. The molecule has 5 rings (SSSR count). The van der Waals surface area contributed by atoms with Gasteiger partial charge in [-0.15, -0.1) is 0 Å². The number of aliphatic hydroxyl groups excluding tert-OH is 1. The summed E-state index contributed by atoms with van der Waals surface area (Å²) >= 11 is 6.62. The van der Waals surface area contributed by atoms with Gasteiger partial charge in [-0.05, 0) is 55.0 Å². The van der Waals surface area contributed by atoms with Crippen molar-refractivity contribution >= 4 is 17.5 Å². The van der Waals surface area contributed by atoms with Crippen LogP contribution in [0.25, 0.3) is 11.1 Å². The van der Waals surface area contributed by atoms with Crippen LogP contribution in [0.5, 0.6) is 5.75 Å². The lowest BCUT2D eigenvalue weighted by Gasteiger charge is -2.29. The molecule has 2 unspecified atom stereocenters. The summed E-state index contributed by atoms with van der Waals surface area (Å²) in [6.07, 6.45) is 2.81. The van der Waals surface area contributed by atoms with Gasteiger partial charge < -0.3 is 25.6 Å². The lowest BCUT2D eigenvalue weighted by atomic mass is 9.82. The Morgan fingerprint density at radius 1 is 1.18 bits per heavy atom. The normalized spacial score (nSPS) is 19.3. The maximum atomic E-state index is 16.5. The molecule has 4 N–H and O–H groups in total. The number of unbranched alkanes of at least 4 members (excludes halogenated alkanes) is 1. The Labute approximate surface area is 237 Å². The summed E-state index contributed by atoms with van der Waals surface area (Å²) in [7, 11) is 1.46. The van der Waals surface area contributed by atoms with Gasteiger partial charge in [0.2, 0.25) is 0 Å². The van der Waals surface area contributed by atoms with Gasteiger partial charge in [-0.3, -0.25) is 4.79 Å². The predicted molar refractivity (Wildman–Crippen MR) is 150 cm³/mol. The highest BCUT2D eigenvalue weighted by Crippen LogP contribution is 2.52.